The van der Waals surface area contributed by atoms with E-state index in [1.165, 1.54) is 5.56 Å². The van der Waals surface area contributed by atoms with Crippen LogP contribution in [0.3, 0.4) is 0 Å². The van der Waals surface area contributed by atoms with Crippen LogP contribution in [0.1, 0.15) is 67.6 Å². The fraction of sp³-hybridized carbons (Fsp3) is 0.440. The molecule has 28 heavy (non-hydrogen) atoms. The van der Waals surface area contributed by atoms with E-state index in [1.807, 2.05) is 12.1 Å². The smallest absolute Gasteiger partial charge is 0.129 e. The van der Waals surface area contributed by atoms with Crippen molar-refractivity contribution in [1.29, 1.82) is 0 Å². The third kappa shape index (κ3) is 3.76. The minimum Gasteiger partial charge on any atom is -0.207 e. The van der Waals surface area contributed by atoms with Crippen molar-refractivity contribution in [3.8, 4) is 0 Å². The van der Waals surface area contributed by atoms with Gasteiger partial charge in [-0.25, -0.2) is 8.78 Å². The summed E-state index contributed by atoms with van der Waals surface area (Å²) in [7, 11) is 0. The van der Waals surface area contributed by atoms with E-state index in [1.54, 1.807) is 6.07 Å². The molecule has 0 spiro atoms. The van der Waals surface area contributed by atoms with Crippen LogP contribution in [-0.4, -0.2) is 0 Å². The van der Waals surface area contributed by atoms with Gasteiger partial charge in [-0.15, -0.1) is 0 Å². The standard InChI is InChI=1S/C25H27ClF2/c1-2-3-4-5-16-8-11-20-22(25(16)17-6-9-18(26)10-7-17)13-12-21-23(20)14-19(27)15-24(21)28/h4-7,9-10,14-16,20,22,25H,2-3,8,11-13H2,1H3. The van der Waals surface area contributed by atoms with Crippen LogP contribution in [0.25, 0.3) is 0 Å². The molecule has 0 bridgehead atoms. The van der Waals surface area contributed by atoms with Crippen LogP contribution >= 0.6 is 11.6 Å². The van der Waals surface area contributed by atoms with Crippen molar-refractivity contribution < 1.29 is 8.78 Å². The van der Waals surface area contributed by atoms with Crippen LogP contribution < -0.4 is 0 Å². The van der Waals surface area contributed by atoms with Gasteiger partial charge >= 0.3 is 0 Å². The molecule has 1 saturated carbocycles. The summed E-state index contributed by atoms with van der Waals surface area (Å²) in [5.41, 5.74) is 2.94. The second kappa shape index (κ2) is 8.37. The van der Waals surface area contributed by atoms with Crippen molar-refractivity contribution in [1.82, 2.24) is 0 Å². The van der Waals surface area contributed by atoms with Crippen molar-refractivity contribution in [2.45, 2.75) is 57.3 Å². The van der Waals surface area contributed by atoms with Gasteiger partial charge in [-0.1, -0.05) is 49.2 Å². The van der Waals surface area contributed by atoms with Crippen LogP contribution in [0.5, 0.6) is 0 Å². The van der Waals surface area contributed by atoms with Crippen molar-refractivity contribution in [3.05, 3.63) is 81.9 Å². The predicted octanol–water partition coefficient (Wildman–Crippen LogP) is 7.81. The molecule has 4 atom stereocenters. The SMILES string of the molecule is CCCC=CC1CCC2c3cc(F)cc(F)c3CCC2C1c1ccc(Cl)cc1. The molecule has 0 N–H and O–H groups in total. The Morgan fingerprint density at radius 1 is 1.07 bits per heavy atom. The van der Waals surface area contributed by atoms with Gasteiger partial charge < -0.3 is 0 Å². The molecule has 2 aliphatic rings. The van der Waals surface area contributed by atoms with E-state index >= 15 is 0 Å². The third-order valence-corrected chi connectivity index (χ3v) is 6.92. The topological polar surface area (TPSA) is 0 Å². The first-order valence-electron chi connectivity index (χ1n) is 10.5. The minimum absolute atomic E-state index is 0.227. The van der Waals surface area contributed by atoms with Crippen LogP contribution in [-0.2, 0) is 6.42 Å². The number of halogens is 3. The summed E-state index contributed by atoms with van der Waals surface area (Å²) < 4.78 is 28.4. The van der Waals surface area contributed by atoms with Crippen LogP contribution in [0.4, 0.5) is 8.78 Å². The Balaban J connectivity index is 1.73. The molecule has 3 heteroatoms. The summed E-state index contributed by atoms with van der Waals surface area (Å²) in [6.07, 6.45) is 10.6. The second-order valence-electron chi connectivity index (χ2n) is 8.30. The van der Waals surface area contributed by atoms with E-state index in [0.29, 0.717) is 24.2 Å². The number of fused-ring (bicyclic) bond motifs is 3. The molecule has 0 saturated heterocycles. The molecule has 4 unspecified atom stereocenters. The first-order chi connectivity index (χ1) is 13.6. The van der Waals surface area contributed by atoms with Gasteiger partial charge in [0.25, 0.3) is 0 Å². The Labute approximate surface area is 171 Å². The highest BCUT2D eigenvalue weighted by Gasteiger charge is 2.42. The maximum absolute atomic E-state index is 14.4. The molecule has 2 aliphatic carbocycles. The molecular weight excluding hydrogens is 374 g/mol. The lowest BCUT2D eigenvalue weighted by atomic mass is 9.58. The van der Waals surface area contributed by atoms with Crippen LogP contribution in [0.2, 0.25) is 5.02 Å². The zero-order valence-corrected chi connectivity index (χ0v) is 17.1. The zero-order valence-electron chi connectivity index (χ0n) is 16.3. The summed E-state index contributed by atoms with van der Waals surface area (Å²) >= 11 is 6.13. The molecule has 0 aliphatic heterocycles. The molecule has 2 aromatic carbocycles. The fourth-order valence-corrected chi connectivity index (χ4v) is 5.59. The molecule has 0 aromatic heterocycles. The highest BCUT2D eigenvalue weighted by molar-refractivity contribution is 6.30. The van der Waals surface area contributed by atoms with E-state index in [2.05, 4.69) is 31.2 Å². The average Bonchev–Trinajstić information content (AvgIpc) is 2.68. The Bertz CT molecular complexity index is 856. The van der Waals surface area contributed by atoms with Crippen molar-refractivity contribution >= 4 is 11.6 Å². The molecule has 2 aromatic rings. The van der Waals surface area contributed by atoms with E-state index in [-0.39, 0.29) is 11.7 Å². The molecule has 0 radical (unpaired) electrons. The van der Waals surface area contributed by atoms with E-state index in [0.717, 1.165) is 54.3 Å². The lowest BCUT2D eigenvalue weighted by Gasteiger charge is -2.46. The summed E-state index contributed by atoms with van der Waals surface area (Å²) in [4.78, 5) is 0. The lowest BCUT2D eigenvalue weighted by molar-refractivity contribution is 0.194. The van der Waals surface area contributed by atoms with Gasteiger partial charge in [0.2, 0.25) is 0 Å². The summed E-state index contributed by atoms with van der Waals surface area (Å²) in [6, 6.07) is 10.8. The number of hydrogen-bond donors (Lipinski definition) is 0. The Kier molecular flexibility index (Phi) is 5.87. The maximum Gasteiger partial charge on any atom is 0.129 e. The van der Waals surface area contributed by atoms with E-state index in [4.69, 9.17) is 11.6 Å². The molecule has 0 amide bonds. The van der Waals surface area contributed by atoms with Gasteiger partial charge in [0, 0.05) is 11.1 Å². The van der Waals surface area contributed by atoms with Gasteiger partial charge in [-0.2, -0.15) is 0 Å². The van der Waals surface area contributed by atoms with Gasteiger partial charge in [-0.3, -0.25) is 0 Å². The van der Waals surface area contributed by atoms with E-state index in [9.17, 15) is 8.78 Å². The van der Waals surface area contributed by atoms with Crippen molar-refractivity contribution in [2.75, 3.05) is 0 Å². The largest absolute Gasteiger partial charge is 0.207 e. The molecule has 1 fully saturated rings. The number of hydrogen-bond acceptors (Lipinski definition) is 0. The van der Waals surface area contributed by atoms with Crippen molar-refractivity contribution in [3.63, 3.8) is 0 Å². The van der Waals surface area contributed by atoms with Gasteiger partial charge in [0.05, 0.1) is 0 Å². The normalized spacial score (nSPS) is 26.9. The number of unbranched alkanes of at least 4 members (excludes halogenated alkanes) is 1. The van der Waals surface area contributed by atoms with Gasteiger partial charge in [-0.05, 0) is 90.7 Å². The third-order valence-electron chi connectivity index (χ3n) is 6.67. The molecule has 4 rings (SSSR count). The Morgan fingerprint density at radius 2 is 1.86 bits per heavy atom. The first-order valence-corrected chi connectivity index (χ1v) is 10.9. The van der Waals surface area contributed by atoms with E-state index < -0.39 is 5.82 Å². The number of rotatable bonds is 4. The maximum atomic E-state index is 14.4. The summed E-state index contributed by atoms with van der Waals surface area (Å²) in [6.45, 7) is 2.19. The summed E-state index contributed by atoms with van der Waals surface area (Å²) in [5.74, 6) is 0.634. The summed E-state index contributed by atoms with van der Waals surface area (Å²) in [5, 5.41) is 0.743. The lowest BCUT2D eigenvalue weighted by Crippen LogP contribution is -2.35. The quantitative estimate of drug-likeness (QED) is 0.459. The van der Waals surface area contributed by atoms with Crippen LogP contribution in [0.15, 0.2) is 48.6 Å². The molecule has 148 valence electrons. The van der Waals surface area contributed by atoms with Gasteiger partial charge in [0.15, 0.2) is 0 Å². The highest BCUT2D eigenvalue weighted by Crippen LogP contribution is 2.54. The minimum atomic E-state index is -0.454. The second-order valence-corrected chi connectivity index (χ2v) is 8.74. The van der Waals surface area contributed by atoms with Crippen LogP contribution in [0, 0.1) is 23.5 Å². The van der Waals surface area contributed by atoms with Gasteiger partial charge in [0.1, 0.15) is 11.6 Å². The number of allylic oxidation sites excluding steroid dienone is 2. The highest BCUT2D eigenvalue weighted by atomic mass is 35.5. The Hall–Kier alpha value is -1.67. The first kappa shape index (κ1) is 19.6. The zero-order chi connectivity index (χ0) is 19.7. The average molecular weight is 401 g/mol. The molecule has 0 nitrogen and oxygen atoms in total. The molecular formula is C25H27ClF2. The number of benzene rings is 2. The fourth-order valence-electron chi connectivity index (χ4n) is 5.46. The monoisotopic (exact) mass is 400 g/mol. The predicted molar refractivity (Wildman–Crippen MR) is 112 cm³/mol. The molecule has 0 heterocycles. The Morgan fingerprint density at radius 3 is 2.61 bits per heavy atom. The van der Waals surface area contributed by atoms with Crippen molar-refractivity contribution in [2.24, 2.45) is 11.8 Å².